The van der Waals surface area contributed by atoms with Crippen molar-refractivity contribution in [2.24, 2.45) is 5.92 Å². The lowest BCUT2D eigenvalue weighted by molar-refractivity contribution is -0.148. The van der Waals surface area contributed by atoms with E-state index >= 15 is 0 Å². The number of benzene rings is 3. The van der Waals surface area contributed by atoms with Gasteiger partial charge in [-0.25, -0.2) is 9.78 Å². The lowest BCUT2D eigenvalue weighted by Crippen LogP contribution is -2.39. The van der Waals surface area contributed by atoms with Crippen LogP contribution in [0.4, 0.5) is 0 Å². The van der Waals surface area contributed by atoms with E-state index in [9.17, 15) is 9.59 Å². The van der Waals surface area contributed by atoms with Gasteiger partial charge in [0.15, 0.2) is 6.04 Å². The number of para-hydroxylation sites is 1. The van der Waals surface area contributed by atoms with Gasteiger partial charge in [0.2, 0.25) is 5.91 Å². The van der Waals surface area contributed by atoms with E-state index in [1.165, 1.54) is 16.3 Å². The maximum Gasteiger partial charge on any atom is 0.333 e. The third-order valence-corrected chi connectivity index (χ3v) is 8.82. The fourth-order valence-corrected chi connectivity index (χ4v) is 6.86. The van der Waals surface area contributed by atoms with Crippen molar-refractivity contribution in [3.05, 3.63) is 113 Å². The summed E-state index contributed by atoms with van der Waals surface area (Å²) in [5.74, 6) is -0.665. The lowest BCUT2D eigenvalue weighted by Gasteiger charge is -2.26. The van der Waals surface area contributed by atoms with Gasteiger partial charge in [-0.05, 0) is 73.9 Å². The molecule has 2 heterocycles. The van der Waals surface area contributed by atoms with E-state index in [1.807, 2.05) is 37.3 Å². The summed E-state index contributed by atoms with van der Waals surface area (Å²) in [4.78, 5) is 31.9. The number of hydrogen-bond acceptors (Lipinski definition) is 4. The standard InChI is InChI=1S/C37H39N3O3/c1-4-43-37(42)34(29-14-6-5-7-15-29)39-36(41)33(27-12-8-9-13-27)28-20-18-26(19-21-28)23-40-31-17-11-10-16-30(31)32-24(2)22-25(3)38-35(32)40/h5-7,10-11,14-22,27,33-34H,4,8-9,12-13,23H2,1-3H3,(H,39,41). The number of carbonyl (C=O) groups excluding carboxylic acids is 2. The Morgan fingerprint density at radius 1 is 0.930 bits per heavy atom. The highest BCUT2D eigenvalue weighted by atomic mass is 16.5. The van der Waals surface area contributed by atoms with Crippen molar-refractivity contribution in [2.75, 3.05) is 6.61 Å². The van der Waals surface area contributed by atoms with Gasteiger partial charge in [-0.15, -0.1) is 0 Å². The maximum atomic E-state index is 14.0. The van der Waals surface area contributed by atoms with Crippen LogP contribution in [0.15, 0.2) is 84.9 Å². The molecule has 220 valence electrons. The van der Waals surface area contributed by atoms with Crippen molar-refractivity contribution < 1.29 is 14.3 Å². The smallest absolute Gasteiger partial charge is 0.333 e. The van der Waals surface area contributed by atoms with Crippen molar-refractivity contribution >= 4 is 33.8 Å². The van der Waals surface area contributed by atoms with Crippen LogP contribution in [0, 0.1) is 19.8 Å². The van der Waals surface area contributed by atoms with E-state index in [-0.39, 0.29) is 24.3 Å². The van der Waals surface area contributed by atoms with Crippen LogP contribution in [-0.4, -0.2) is 28.0 Å². The molecule has 1 saturated carbocycles. The van der Waals surface area contributed by atoms with Crippen molar-refractivity contribution in [3.63, 3.8) is 0 Å². The van der Waals surface area contributed by atoms with Gasteiger partial charge in [0.25, 0.3) is 0 Å². The Bertz CT molecular complexity index is 1750. The third-order valence-electron chi connectivity index (χ3n) is 8.82. The van der Waals surface area contributed by atoms with Gasteiger partial charge in [-0.3, -0.25) is 4.79 Å². The highest BCUT2D eigenvalue weighted by molar-refractivity contribution is 6.08. The number of pyridine rings is 1. The molecule has 3 aromatic carbocycles. The average molecular weight is 574 g/mol. The summed E-state index contributed by atoms with van der Waals surface area (Å²) in [6.07, 6.45) is 4.24. The molecule has 2 unspecified atom stereocenters. The molecule has 0 spiro atoms. The van der Waals surface area contributed by atoms with Gasteiger partial charge in [0.1, 0.15) is 5.65 Å². The number of ether oxygens (including phenoxy) is 1. The number of hydrogen-bond donors (Lipinski definition) is 1. The first kappa shape index (κ1) is 28.7. The SMILES string of the molecule is CCOC(=O)C(NC(=O)C(c1ccc(Cn2c3ccccc3c3c(C)cc(C)nc32)cc1)C1CCCC1)c1ccccc1. The zero-order chi connectivity index (χ0) is 29.9. The number of aryl methyl sites for hydroxylation is 2. The van der Waals surface area contributed by atoms with Crippen LogP contribution in [0.3, 0.4) is 0 Å². The van der Waals surface area contributed by atoms with Crippen LogP contribution in [0.25, 0.3) is 21.9 Å². The van der Waals surface area contributed by atoms with E-state index in [2.05, 4.69) is 71.4 Å². The summed E-state index contributed by atoms with van der Waals surface area (Å²) >= 11 is 0. The molecule has 43 heavy (non-hydrogen) atoms. The molecule has 6 rings (SSSR count). The van der Waals surface area contributed by atoms with E-state index in [0.29, 0.717) is 6.54 Å². The highest BCUT2D eigenvalue weighted by Crippen LogP contribution is 2.38. The second-order valence-electron chi connectivity index (χ2n) is 11.8. The van der Waals surface area contributed by atoms with Crippen molar-refractivity contribution in [3.8, 4) is 0 Å². The Kier molecular flexibility index (Phi) is 8.28. The number of nitrogens with zero attached hydrogens (tertiary/aromatic N) is 2. The quantitative estimate of drug-likeness (QED) is 0.185. The molecule has 2 aromatic heterocycles. The van der Waals surface area contributed by atoms with Crippen LogP contribution in [0.2, 0.25) is 0 Å². The Morgan fingerprint density at radius 2 is 1.63 bits per heavy atom. The van der Waals surface area contributed by atoms with Gasteiger partial charge in [0.05, 0.1) is 18.0 Å². The fourth-order valence-electron chi connectivity index (χ4n) is 6.86. The molecule has 2 atom stereocenters. The fraction of sp³-hybridized carbons (Fsp3) is 0.324. The molecule has 0 radical (unpaired) electrons. The number of nitrogens with one attached hydrogen (secondary N) is 1. The zero-order valence-electron chi connectivity index (χ0n) is 25.2. The van der Waals surface area contributed by atoms with Crippen LogP contribution in [0.1, 0.15) is 72.5 Å². The largest absolute Gasteiger partial charge is 0.464 e. The summed E-state index contributed by atoms with van der Waals surface area (Å²) in [6, 6.07) is 27.6. The normalized spacial score (nSPS) is 15.0. The minimum absolute atomic E-state index is 0.126. The molecule has 6 heteroatoms. The van der Waals surface area contributed by atoms with Crippen LogP contribution < -0.4 is 5.32 Å². The van der Waals surface area contributed by atoms with E-state index < -0.39 is 12.0 Å². The van der Waals surface area contributed by atoms with Crippen LogP contribution in [-0.2, 0) is 20.9 Å². The summed E-state index contributed by atoms with van der Waals surface area (Å²) in [5.41, 5.74) is 7.25. The number of esters is 1. The van der Waals surface area contributed by atoms with Crippen molar-refractivity contribution in [1.82, 2.24) is 14.9 Å². The van der Waals surface area contributed by atoms with Gasteiger partial charge < -0.3 is 14.6 Å². The monoisotopic (exact) mass is 573 g/mol. The molecule has 1 fully saturated rings. The zero-order valence-corrected chi connectivity index (χ0v) is 25.2. The van der Waals surface area contributed by atoms with E-state index in [0.717, 1.165) is 59.2 Å². The molecule has 5 aromatic rings. The van der Waals surface area contributed by atoms with Crippen LogP contribution >= 0.6 is 0 Å². The third kappa shape index (κ3) is 5.79. The van der Waals surface area contributed by atoms with Crippen molar-refractivity contribution in [2.45, 2.75) is 65.0 Å². The number of fused-ring (bicyclic) bond motifs is 3. The molecule has 1 amide bonds. The predicted octanol–water partition coefficient (Wildman–Crippen LogP) is 7.55. The lowest BCUT2D eigenvalue weighted by atomic mass is 9.83. The summed E-state index contributed by atoms with van der Waals surface area (Å²) < 4.78 is 7.65. The first-order chi connectivity index (χ1) is 20.9. The molecular weight excluding hydrogens is 534 g/mol. The van der Waals surface area contributed by atoms with Crippen molar-refractivity contribution in [1.29, 1.82) is 0 Å². The summed E-state index contributed by atoms with van der Waals surface area (Å²) in [5, 5.41) is 5.48. The Balaban J connectivity index is 1.31. The molecule has 0 saturated heterocycles. The molecule has 0 bridgehead atoms. The highest BCUT2D eigenvalue weighted by Gasteiger charge is 2.35. The summed E-state index contributed by atoms with van der Waals surface area (Å²) in [6.45, 7) is 6.91. The number of aromatic nitrogens is 2. The molecule has 0 aliphatic heterocycles. The number of amides is 1. The summed E-state index contributed by atoms with van der Waals surface area (Å²) in [7, 11) is 0. The first-order valence-electron chi connectivity index (χ1n) is 15.4. The van der Waals surface area contributed by atoms with E-state index in [4.69, 9.17) is 9.72 Å². The minimum Gasteiger partial charge on any atom is -0.464 e. The second kappa shape index (κ2) is 12.4. The maximum absolute atomic E-state index is 14.0. The van der Waals surface area contributed by atoms with E-state index in [1.54, 1.807) is 6.92 Å². The topological polar surface area (TPSA) is 73.2 Å². The molecule has 1 aliphatic carbocycles. The Morgan fingerprint density at radius 3 is 2.35 bits per heavy atom. The number of carbonyl (C=O) groups is 2. The first-order valence-corrected chi connectivity index (χ1v) is 15.4. The van der Waals surface area contributed by atoms with Gasteiger partial charge >= 0.3 is 5.97 Å². The van der Waals surface area contributed by atoms with Gasteiger partial charge in [-0.2, -0.15) is 0 Å². The second-order valence-corrected chi connectivity index (χ2v) is 11.8. The van der Waals surface area contributed by atoms with Gasteiger partial charge in [0, 0.05) is 23.0 Å². The van der Waals surface area contributed by atoms with Gasteiger partial charge in [-0.1, -0.05) is 85.6 Å². The van der Waals surface area contributed by atoms with Crippen LogP contribution in [0.5, 0.6) is 0 Å². The average Bonchev–Trinajstić information content (AvgIpc) is 3.64. The Hall–Kier alpha value is -4.45. The molecular formula is C37H39N3O3. The Labute approximate surface area is 253 Å². The molecule has 6 nitrogen and oxygen atoms in total. The molecule has 1 N–H and O–H groups in total. The number of rotatable bonds is 9. The molecule has 1 aliphatic rings. The predicted molar refractivity (Wildman–Crippen MR) is 171 cm³/mol. The minimum atomic E-state index is -0.841.